The van der Waals surface area contributed by atoms with Gasteiger partial charge >= 0.3 is 5.97 Å². The van der Waals surface area contributed by atoms with Gasteiger partial charge in [-0.25, -0.2) is 4.79 Å². The van der Waals surface area contributed by atoms with Gasteiger partial charge in [0.15, 0.2) is 5.69 Å². The van der Waals surface area contributed by atoms with Gasteiger partial charge < -0.3 is 20.4 Å². The third-order valence-corrected chi connectivity index (χ3v) is 3.64. The normalized spacial score (nSPS) is 13.5. The molecule has 0 radical (unpaired) electrons. The number of nitrogens with two attached hydrogens (primary N) is 1. The molecule has 0 aliphatic heterocycles. The molecule has 3 N–H and O–H groups in total. The van der Waals surface area contributed by atoms with Crippen LogP contribution >= 0.6 is 0 Å². The molecule has 0 spiro atoms. The minimum atomic E-state index is -0.569. The van der Waals surface area contributed by atoms with E-state index in [1.54, 1.807) is 10.8 Å². The lowest BCUT2D eigenvalue weighted by atomic mass is 10.2. The first kappa shape index (κ1) is 14.0. The van der Waals surface area contributed by atoms with E-state index in [0.29, 0.717) is 6.04 Å². The molecular weight excluding hydrogens is 280 g/mol. The summed E-state index contributed by atoms with van der Waals surface area (Å²) in [5.74, 6) is -0.569. The van der Waals surface area contributed by atoms with Crippen LogP contribution in [0.5, 0.6) is 0 Å². The van der Waals surface area contributed by atoms with Crippen molar-refractivity contribution in [2.24, 2.45) is 0 Å². The topological polar surface area (TPSA) is 93.1 Å². The fourth-order valence-electron chi connectivity index (χ4n) is 2.36. The van der Waals surface area contributed by atoms with Crippen LogP contribution in [-0.4, -0.2) is 23.7 Å². The number of methoxy groups -OCH3 is 1. The fraction of sp³-hybridized carbons (Fsp3) is 0.250. The van der Waals surface area contributed by atoms with Crippen LogP contribution in [0.25, 0.3) is 5.69 Å². The first-order valence-electron chi connectivity index (χ1n) is 7.01. The first-order chi connectivity index (χ1) is 10.7. The zero-order valence-corrected chi connectivity index (χ0v) is 12.2. The number of aromatic nitrogens is 1. The Hall–Kier alpha value is -2.94. The van der Waals surface area contributed by atoms with Crippen LogP contribution in [0.15, 0.2) is 30.5 Å². The number of nitriles is 1. The molecular formula is C16H16N4O2. The molecule has 6 nitrogen and oxygen atoms in total. The summed E-state index contributed by atoms with van der Waals surface area (Å²) in [5, 5.41) is 12.6. The Morgan fingerprint density at radius 3 is 2.82 bits per heavy atom. The van der Waals surface area contributed by atoms with Crippen LogP contribution in [0.4, 0.5) is 11.4 Å². The number of benzene rings is 1. The van der Waals surface area contributed by atoms with Gasteiger partial charge in [-0.05, 0) is 25.0 Å². The largest absolute Gasteiger partial charge is 0.464 e. The molecule has 112 valence electrons. The summed E-state index contributed by atoms with van der Waals surface area (Å²) in [6.45, 7) is 0. The van der Waals surface area contributed by atoms with E-state index in [2.05, 4.69) is 5.32 Å². The van der Waals surface area contributed by atoms with Crippen molar-refractivity contribution < 1.29 is 9.53 Å². The number of anilines is 2. The quantitative estimate of drug-likeness (QED) is 0.844. The lowest BCUT2D eigenvalue weighted by Crippen LogP contribution is -2.13. The van der Waals surface area contributed by atoms with Gasteiger partial charge in [-0.1, -0.05) is 12.1 Å². The van der Waals surface area contributed by atoms with E-state index in [-0.39, 0.29) is 16.9 Å². The van der Waals surface area contributed by atoms with E-state index in [9.17, 15) is 10.1 Å². The second kappa shape index (κ2) is 5.45. The van der Waals surface area contributed by atoms with E-state index < -0.39 is 5.97 Å². The van der Waals surface area contributed by atoms with Crippen molar-refractivity contribution in [2.75, 3.05) is 18.2 Å². The average Bonchev–Trinajstić information content (AvgIpc) is 3.29. The number of nitrogen functional groups attached to an aromatic ring is 1. The van der Waals surface area contributed by atoms with Crippen molar-refractivity contribution in [2.45, 2.75) is 18.9 Å². The summed E-state index contributed by atoms with van der Waals surface area (Å²) in [6.07, 6.45) is 3.83. The molecule has 1 saturated carbocycles. The zero-order valence-electron chi connectivity index (χ0n) is 12.2. The summed E-state index contributed by atoms with van der Waals surface area (Å²) in [4.78, 5) is 12.1. The Morgan fingerprint density at radius 1 is 1.45 bits per heavy atom. The van der Waals surface area contributed by atoms with Crippen molar-refractivity contribution in [3.05, 3.63) is 41.7 Å². The van der Waals surface area contributed by atoms with Gasteiger partial charge in [0.25, 0.3) is 0 Å². The third-order valence-electron chi connectivity index (χ3n) is 3.64. The van der Waals surface area contributed by atoms with Gasteiger partial charge in [0.1, 0.15) is 6.07 Å². The Morgan fingerprint density at radius 2 is 2.18 bits per heavy atom. The van der Waals surface area contributed by atoms with Gasteiger partial charge in [0.05, 0.1) is 29.7 Å². The molecule has 2 aromatic rings. The standard InChI is InChI=1S/C16H16N4O2/c1-22-16(21)15-14(18)10(8-17)9-20(15)13-5-3-2-4-12(13)19-11-6-7-11/h2-5,9,11,19H,6-7,18H2,1H3. The summed E-state index contributed by atoms with van der Waals surface area (Å²) in [6, 6.07) is 10.1. The average molecular weight is 296 g/mol. The number of nitrogens with one attached hydrogen (secondary N) is 1. The predicted molar refractivity (Wildman–Crippen MR) is 82.9 cm³/mol. The molecule has 3 rings (SSSR count). The van der Waals surface area contributed by atoms with Gasteiger partial charge in [-0.2, -0.15) is 5.26 Å². The number of para-hydroxylation sites is 2. The molecule has 0 bridgehead atoms. The molecule has 0 unspecified atom stereocenters. The molecule has 1 fully saturated rings. The maximum Gasteiger partial charge on any atom is 0.357 e. The molecule has 1 aromatic heterocycles. The fourth-order valence-corrected chi connectivity index (χ4v) is 2.36. The van der Waals surface area contributed by atoms with Gasteiger partial charge in [0, 0.05) is 12.2 Å². The minimum absolute atomic E-state index is 0.135. The Balaban J connectivity index is 2.15. The highest BCUT2D eigenvalue weighted by Gasteiger charge is 2.25. The van der Waals surface area contributed by atoms with Gasteiger partial charge in [0.2, 0.25) is 0 Å². The van der Waals surface area contributed by atoms with E-state index in [1.807, 2.05) is 30.3 Å². The number of carbonyl (C=O) groups is 1. The molecule has 6 heteroatoms. The lowest BCUT2D eigenvalue weighted by molar-refractivity contribution is 0.0593. The Labute approximate surface area is 128 Å². The monoisotopic (exact) mass is 296 g/mol. The lowest BCUT2D eigenvalue weighted by Gasteiger charge is -2.14. The van der Waals surface area contributed by atoms with Crippen LogP contribution in [0.3, 0.4) is 0 Å². The van der Waals surface area contributed by atoms with E-state index in [4.69, 9.17) is 10.5 Å². The van der Waals surface area contributed by atoms with Crippen molar-refractivity contribution in [3.8, 4) is 11.8 Å². The third kappa shape index (κ3) is 2.37. The maximum atomic E-state index is 12.1. The second-order valence-corrected chi connectivity index (χ2v) is 5.21. The van der Waals surface area contributed by atoms with Crippen LogP contribution in [-0.2, 0) is 4.74 Å². The van der Waals surface area contributed by atoms with Gasteiger partial charge in [-0.15, -0.1) is 0 Å². The summed E-state index contributed by atoms with van der Waals surface area (Å²) < 4.78 is 6.42. The van der Waals surface area contributed by atoms with Crippen LogP contribution in [0, 0.1) is 11.3 Å². The molecule has 0 amide bonds. The number of hydrogen-bond acceptors (Lipinski definition) is 5. The number of rotatable bonds is 4. The summed E-state index contributed by atoms with van der Waals surface area (Å²) >= 11 is 0. The molecule has 22 heavy (non-hydrogen) atoms. The van der Waals surface area contributed by atoms with Crippen LogP contribution in [0.2, 0.25) is 0 Å². The van der Waals surface area contributed by atoms with Crippen molar-refractivity contribution in [3.63, 3.8) is 0 Å². The summed E-state index contributed by atoms with van der Waals surface area (Å²) in [5.41, 5.74) is 8.15. The SMILES string of the molecule is COC(=O)c1c(N)c(C#N)cn1-c1ccccc1NC1CC1. The first-order valence-corrected chi connectivity index (χ1v) is 7.01. The summed E-state index contributed by atoms with van der Waals surface area (Å²) in [7, 11) is 1.29. The van der Waals surface area contributed by atoms with E-state index in [0.717, 1.165) is 24.2 Å². The van der Waals surface area contributed by atoms with Crippen LogP contribution < -0.4 is 11.1 Å². The Kier molecular flexibility index (Phi) is 3.47. The zero-order chi connectivity index (χ0) is 15.7. The van der Waals surface area contributed by atoms with E-state index in [1.165, 1.54) is 7.11 Å². The van der Waals surface area contributed by atoms with Crippen LogP contribution in [0.1, 0.15) is 28.9 Å². The number of hydrogen-bond donors (Lipinski definition) is 2. The molecule has 0 saturated heterocycles. The van der Waals surface area contributed by atoms with E-state index >= 15 is 0 Å². The Bertz CT molecular complexity index is 769. The van der Waals surface area contributed by atoms with Crippen molar-refractivity contribution >= 4 is 17.3 Å². The minimum Gasteiger partial charge on any atom is -0.464 e. The highest BCUT2D eigenvalue weighted by molar-refractivity contribution is 5.96. The molecule has 1 aromatic carbocycles. The molecule has 1 heterocycles. The number of esters is 1. The van der Waals surface area contributed by atoms with Crippen molar-refractivity contribution in [1.82, 2.24) is 4.57 Å². The number of nitrogens with zero attached hydrogens (tertiary/aromatic N) is 2. The molecule has 0 atom stereocenters. The van der Waals surface area contributed by atoms with Gasteiger partial charge in [-0.3, -0.25) is 0 Å². The molecule has 1 aliphatic rings. The predicted octanol–water partition coefficient (Wildman–Crippen LogP) is 2.29. The highest BCUT2D eigenvalue weighted by atomic mass is 16.5. The van der Waals surface area contributed by atoms with Crippen molar-refractivity contribution in [1.29, 1.82) is 5.26 Å². The maximum absolute atomic E-state index is 12.1. The molecule has 1 aliphatic carbocycles. The highest BCUT2D eigenvalue weighted by Crippen LogP contribution is 2.32. The second-order valence-electron chi connectivity index (χ2n) is 5.21. The number of ether oxygens (including phenoxy) is 1. The number of carbonyl (C=O) groups excluding carboxylic acids is 1. The smallest absolute Gasteiger partial charge is 0.357 e.